The Bertz CT molecular complexity index is 1190. The summed E-state index contributed by atoms with van der Waals surface area (Å²) in [4.78, 5) is 16.2. The maximum absolute atomic E-state index is 14.4. The lowest BCUT2D eigenvalue weighted by atomic mass is 10.1. The van der Waals surface area contributed by atoms with Crippen molar-refractivity contribution in [3.63, 3.8) is 0 Å². The third-order valence-corrected chi connectivity index (χ3v) is 7.12. The van der Waals surface area contributed by atoms with Crippen molar-refractivity contribution in [1.29, 1.82) is 0 Å². The standard InChI is InChI=1S/C21H22FN5O4S/c1-15(16-2-5-18(6-3-16)27-14-23-13-24-27)25-21(28)17-4-7-19(22)20(12-17)32(29,30)26-8-10-31-11-9-26/h2-7,12-15H,8-11H2,1H3,(H,25,28). The number of nitrogens with one attached hydrogen (secondary N) is 1. The Balaban J connectivity index is 1.50. The fourth-order valence-electron chi connectivity index (χ4n) is 3.39. The first-order chi connectivity index (χ1) is 15.4. The molecule has 0 saturated carbocycles. The minimum atomic E-state index is -4.07. The van der Waals surface area contributed by atoms with Crippen LogP contribution in [0.15, 0.2) is 60.0 Å². The smallest absolute Gasteiger partial charge is 0.251 e. The first-order valence-electron chi connectivity index (χ1n) is 9.99. The summed E-state index contributed by atoms with van der Waals surface area (Å²) in [5.41, 5.74) is 1.72. The number of nitrogens with zero attached hydrogens (tertiary/aromatic N) is 4. The zero-order chi connectivity index (χ0) is 22.7. The number of hydrogen-bond donors (Lipinski definition) is 1. The Hall–Kier alpha value is -3.15. The van der Waals surface area contributed by atoms with E-state index in [4.69, 9.17) is 4.74 Å². The Labute approximate surface area is 184 Å². The van der Waals surface area contributed by atoms with Gasteiger partial charge < -0.3 is 10.1 Å². The molecule has 1 amide bonds. The number of ether oxygens (including phenoxy) is 1. The molecular formula is C21H22FN5O4S. The lowest BCUT2D eigenvalue weighted by molar-refractivity contribution is 0.0729. The Kier molecular flexibility index (Phi) is 6.31. The number of rotatable bonds is 6. The number of aromatic nitrogens is 3. The molecule has 9 nitrogen and oxygen atoms in total. The maximum Gasteiger partial charge on any atom is 0.251 e. The minimum Gasteiger partial charge on any atom is -0.379 e. The van der Waals surface area contributed by atoms with Crippen LogP contribution in [-0.2, 0) is 14.8 Å². The van der Waals surface area contributed by atoms with Gasteiger partial charge in [-0.15, -0.1) is 0 Å². The quantitative estimate of drug-likeness (QED) is 0.604. The van der Waals surface area contributed by atoms with E-state index >= 15 is 0 Å². The summed E-state index contributed by atoms with van der Waals surface area (Å²) < 4.78 is 48.0. The van der Waals surface area contributed by atoms with Gasteiger partial charge in [0.1, 0.15) is 23.4 Å². The van der Waals surface area contributed by atoms with Crippen LogP contribution in [0.1, 0.15) is 28.9 Å². The molecule has 0 aliphatic carbocycles. The van der Waals surface area contributed by atoms with Gasteiger partial charge in [0.15, 0.2) is 0 Å². The molecular weight excluding hydrogens is 437 g/mol. The van der Waals surface area contributed by atoms with Gasteiger partial charge in [-0.2, -0.15) is 9.40 Å². The largest absolute Gasteiger partial charge is 0.379 e. The van der Waals surface area contributed by atoms with Crippen LogP contribution in [0.4, 0.5) is 4.39 Å². The minimum absolute atomic E-state index is 0.0596. The highest BCUT2D eigenvalue weighted by molar-refractivity contribution is 7.89. The summed E-state index contributed by atoms with van der Waals surface area (Å²) >= 11 is 0. The number of hydrogen-bond acceptors (Lipinski definition) is 6. The molecule has 2 aromatic carbocycles. The molecule has 0 radical (unpaired) electrons. The predicted molar refractivity (Wildman–Crippen MR) is 113 cm³/mol. The molecule has 0 spiro atoms. The molecule has 1 atom stereocenters. The Morgan fingerprint density at radius 1 is 1.16 bits per heavy atom. The second kappa shape index (κ2) is 9.15. The van der Waals surface area contributed by atoms with E-state index in [1.807, 2.05) is 24.3 Å². The van der Waals surface area contributed by atoms with Gasteiger partial charge >= 0.3 is 0 Å². The van der Waals surface area contributed by atoms with Gasteiger partial charge in [-0.05, 0) is 42.8 Å². The molecule has 2 heterocycles. The predicted octanol–water partition coefficient (Wildman–Crippen LogP) is 1.92. The average molecular weight is 460 g/mol. The van der Waals surface area contributed by atoms with Crippen LogP contribution in [0.3, 0.4) is 0 Å². The van der Waals surface area contributed by atoms with Crippen LogP contribution >= 0.6 is 0 Å². The Morgan fingerprint density at radius 2 is 1.88 bits per heavy atom. The molecule has 1 N–H and O–H groups in total. The zero-order valence-electron chi connectivity index (χ0n) is 17.3. The van der Waals surface area contributed by atoms with E-state index in [9.17, 15) is 17.6 Å². The molecule has 1 aliphatic rings. The second-order valence-corrected chi connectivity index (χ2v) is 9.19. The van der Waals surface area contributed by atoms with E-state index in [1.54, 1.807) is 17.9 Å². The highest BCUT2D eigenvalue weighted by Crippen LogP contribution is 2.23. The van der Waals surface area contributed by atoms with Gasteiger partial charge in [0.25, 0.3) is 5.91 Å². The normalized spacial score (nSPS) is 15.9. The third kappa shape index (κ3) is 4.54. The van der Waals surface area contributed by atoms with Crippen LogP contribution in [0.2, 0.25) is 0 Å². The fraction of sp³-hybridized carbons (Fsp3) is 0.286. The molecule has 0 bridgehead atoms. The zero-order valence-corrected chi connectivity index (χ0v) is 18.1. The molecule has 168 valence electrons. The van der Waals surface area contributed by atoms with Crippen molar-refractivity contribution >= 4 is 15.9 Å². The highest BCUT2D eigenvalue weighted by Gasteiger charge is 2.30. The van der Waals surface area contributed by atoms with Crippen LogP contribution < -0.4 is 5.32 Å². The number of amides is 1. The molecule has 1 fully saturated rings. The second-order valence-electron chi connectivity index (χ2n) is 7.29. The maximum atomic E-state index is 14.4. The van der Waals surface area contributed by atoms with Crippen molar-refractivity contribution in [2.45, 2.75) is 17.9 Å². The van der Waals surface area contributed by atoms with Gasteiger partial charge in [0, 0.05) is 18.7 Å². The van der Waals surface area contributed by atoms with Crippen LogP contribution in [0.5, 0.6) is 0 Å². The molecule has 1 saturated heterocycles. The van der Waals surface area contributed by atoms with Gasteiger partial charge in [-0.1, -0.05) is 12.1 Å². The molecule has 32 heavy (non-hydrogen) atoms. The fourth-order valence-corrected chi connectivity index (χ4v) is 4.89. The van der Waals surface area contributed by atoms with Crippen LogP contribution in [0, 0.1) is 5.82 Å². The van der Waals surface area contributed by atoms with E-state index in [2.05, 4.69) is 15.4 Å². The van der Waals surface area contributed by atoms with E-state index in [0.717, 1.165) is 27.7 Å². The number of carbonyl (C=O) groups excluding carboxylic acids is 1. The number of morpholine rings is 1. The summed E-state index contributed by atoms with van der Waals surface area (Å²) in [6, 6.07) is 10.4. The van der Waals surface area contributed by atoms with Gasteiger partial charge in [0.2, 0.25) is 10.0 Å². The SMILES string of the molecule is CC(NC(=O)c1ccc(F)c(S(=O)(=O)N2CCOCC2)c1)c1ccc(-n2cncn2)cc1. The van der Waals surface area contributed by atoms with E-state index in [1.165, 1.54) is 12.4 Å². The van der Waals surface area contributed by atoms with Crippen molar-refractivity contribution in [2.24, 2.45) is 0 Å². The Morgan fingerprint density at radius 3 is 2.53 bits per heavy atom. The monoisotopic (exact) mass is 459 g/mol. The first kappa shape index (κ1) is 22.1. The van der Waals surface area contributed by atoms with Crippen molar-refractivity contribution < 1.29 is 22.3 Å². The lowest BCUT2D eigenvalue weighted by Gasteiger charge is -2.26. The summed E-state index contributed by atoms with van der Waals surface area (Å²) in [6.45, 7) is 2.57. The van der Waals surface area contributed by atoms with Gasteiger partial charge in [-0.3, -0.25) is 4.79 Å². The summed E-state index contributed by atoms with van der Waals surface area (Å²) in [5, 5.41) is 6.88. The van der Waals surface area contributed by atoms with Crippen molar-refractivity contribution in [1.82, 2.24) is 24.4 Å². The topological polar surface area (TPSA) is 106 Å². The van der Waals surface area contributed by atoms with Crippen molar-refractivity contribution in [3.05, 3.63) is 72.1 Å². The molecule has 3 aromatic rings. The van der Waals surface area contributed by atoms with Gasteiger partial charge in [-0.25, -0.2) is 22.5 Å². The molecule has 4 rings (SSSR count). The molecule has 1 aliphatic heterocycles. The lowest BCUT2D eigenvalue weighted by Crippen LogP contribution is -2.41. The number of carbonyl (C=O) groups is 1. The summed E-state index contributed by atoms with van der Waals surface area (Å²) in [6.07, 6.45) is 3.02. The van der Waals surface area contributed by atoms with Gasteiger partial charge in [0.05, 0.1) is 24.9 Å². The first-order valence-corrected chi connectivity index (χ1v) is 11.4. The molecule has 11 heteroatoms. The van der Waals surface area contributed by atoms with Crippen LogP contribution in [0.25, 0.3) is 5.69 Å². The number of halogens is 1. The van der Waals surface area contributed by atoms with E-state index in [0.29, 0.717) is 0 Å². The number of sulfonamides is 1. The van der Waals surface area contributed by atoms with Crippen LogP contribution in [-0.4, -0.2) is 59.7 Å². The third-order valence-electron chi connectivity index (χ3n) is 5.21. The summed E-state index contributed by atoms with van der Waals surface area (Å²) in [5.74, 6) is -1.40. The van der Waals surface area contributed by atoms with Crippen molar-refractivity contribution in [3.8, 4) is 5.69 Å². The molecule has 1 aromatic heterocycles. The molecule has 1 unspecified atom stereocenters. The number of benzene rings is 2. The average Bonchev–Trinajstić information content (AvgIpc) is 3.35. The van der Waals surface area contributed by atoms with E-state index < -0.39 is 26.6 Å². The van der Waals surface area contributed by atoms with Crippen molar-refractivity contribution in [2.75, 3.05) is 26.3 Å². The highest BCUT2D eigenvalue weighted by atomic mass is 32.2. The van der Waals surface area contributed by atoms with E-state index in [-0.39, 0.29) is 37.9 Å². The summed E-state index contributed by atoms with van der Waals surface area (Å²) in [7, 11) is -4.07.